The van der Waals surface area contributed by atoms with Crippen molar-refractivity contribution < 1.29 is 18.7 Å². The van der Waals surface area contributed by atoms with Crippen LogP contribution in [0.5, 0.6) is 5.75 Å². The number of aromatic nitrogens is 2. The molecule has 1 aliphatic rings. The lowest BCUT2D eigenvalue weighted by atomic mass is 9.94. The summed E-state index contributed by atoms with van der Waals surface area (Å²) >= 11 is 0. The monoisotopic (exact) mass is 470 g/mol. The van der Waals surface area contributed by atoms with Crippen LogP contribution < -0.4 is 10.1 Å². The van der Waals surface area contributed by atoms with Crippen LogP contribution in [0.3, 0.4) is 0 Å². The minimum atomic E-state index is -1.15. The van der Waals surface area contributed by atoms with Gasteiger partial charge in [-0.3, -0.25) is 14.3 Å². The van der Waals surface area contributed by atoms with E-state index in [1.807, 2.05) is 54.6 Å². The summed E-state index contributed by atoms with van der Waals surface area (Å²) in [5.41, 5.74) is 1.70. The largest absolute Gasteiger partial charge is 0.497 e. The third-order valence-electron chi connectivity index (χ3n) is 6.36. The maximum Gasteiger partial charge on any atom is 0.273 e. The van der Waals surface area contributed by atoms with Gasteiger partial charge in [-0.1, -0.05) is 42.5 Å². The van der Waals surface area contributed by atoms with Gasteiger partial charge in [-0.05, 0) is 42.3 Å². The molecule has 35 heavy (non-hydrogen) atoms. The summed E-state index contributed by atoms with van der Waals surface area (Å²) in [5.74, 6) is 0.809. The first-order valence-electron chi connectivity index (χ1n) is 11.4. The molecule has 0 saturated carbocycles. The molecule has 0 bridgehead atoms. The Morgan fingerprint density at radius 3 is 2.54 bits per heavy atom. The van der Waals surface area contributed by atoms with Crippen LogP contribution in [-0.2, 0) is 24.4 Å². The number of nitrogens with zero attached hydrogens (tertiary/aromatic N) is 3. The van der Waals surface area contributed by atoms with Crippen molar-refractivity contribution in [3.8, 4) is 17.2 Å². The van der Waals surface area contributed by atoms with E-state index < -0.39 is 5.54 Å². The normalized spacial score (nSPS) is 17.2. The molecule has 2 aromatic heterocycles. The molecule has 1 aliphatic heterocycles. The Hall–Kier alpha value is -4.33. The SMILES string of the molecule is COc1ccc(CNC(=O)[C@@]2(C)Cn3nc(-c4ccco4)cc3C(=O)N2Cc2ccccc2)cc1. The summed E-state index contributed by atoms with van der Waals surface area (Å²) in [6, 6.07) is 22.4. The van der Waals surface area contributed by atoms with E-state index in [1.165, 1.54) is 0 Å². The first kappa shape index (κ1) is 22.5. The minimum absolute atomic E-state index is 0.218. The Morgan fingerprint density at radius 1 is 1.09 bits per heavy atom. The maximum absolute atomic E-state index is 13.7. The fourth-order valence-corrected chi connectivity index (χ4v) is 4.32. The van der Waals surface area contributed by atoms with Crippen LogP contribution in [-0.4, -0.2) is 39.1 Å². The number of carbonyl (C=O) groups is 2. The zero-order valence-corrected chi connectivity index (χ0v) is 19.6. The van der Waals surface area contributed by atoms with Crippen molar-refractivity contribution in [2.75, 3.05) is 7.11 Å². The molecule has 2 aromatic carbocycles. The van der Waals surface area contributed by atoms with Crippen molar-refractivity contribution >= 4 is 11.8 Å². The van der Waals surface area contributed by atoms with Crippen LogP contribution in [0.25, 0.3) is 11.5 Å². The molecule has 0 unspecified atom stereocenters. The maximum atomic E-state index is 13.7. The Bertz CT molecular complexity index is 1330. The van der Waals surface area contributed by atoms with Crippen LogP contribution >= 0.6 is 0 Å². The minimum Gasteiger partial charge on any atom is -0.497 e. The lowest BCUT2D eigenvalue weighted by molar-refractivity contribution is -0.133. The summed E-state index contributed by atoms with van der Waals surface area (Å²) in [6.07, 6.45) is 1.56. The average Bonchev–Trinajstić information content (AvgIpc) is 3.56. The highest BCUT2D eigenvalue weighted by Gasteiger charge is 2.48. The topological polar surface area (TPSA) is 89.6 Å². The van der Waals surface area contributed by atoms with Gasteiger partial charge in [0.05, 0.1) is 19.9 Å². The molecule has 0 aliphatic carbocycles. The van der Waals surface area contributed by atoms with Gasteiger partial charge in [0, 0.05) is 19.2 Å². The molecular formula is C27H26N4O4. The third-order valence-corrected chi connectivity index (χ3v) is 6.36. The van der Waals surface area contributed by atoms with Crippen LogP contribution in [0.15, 0.2) is 83.5 Å². The van der Waals surface area contributed by atoms with E-state index in [0.29, 0.717) is 30.2 Å². The lowest BCUT2D eigenvalue weighted by Gasteiger charge is -2.43. The number of amides is 2. The number of nitrogens with one attached hydrogen (secondary N) is 1. The van der Waals surface area contributed by atoms with Crippen molar-refractivity contribution in [3.05, 3.63) is 95.9 Å². The molecule has 0 spiro atoms. The molecule has 4 aromatic rings. The van der Waals surface area contributed by atoms with E-state index >= 15 is 0 Å². The van der Waals surface area contributed by atoms with E-state index in [9.17, 15) is 9.59 Å². The number of benzene rings is 2. The second-order valence-corrected chi connectivity index (χ2v) is 8.73. The van der Waals surface area contributed by atoms with Crippen LogP contribution in [0.2, 0.25) is 0 Å². The summed E-state index contributed by atoms with van der Waals surface area (Å²) in [7, 11) is 1.61. The molecule has 0 radical (unpaired) electrons. The average molecular weight is 471 g/mol. The summed E-state index contributed by atoms with van der Waals surface area (Å²) < 4.78 is 12.3. The van der Waals surface area contributed by atoms with Gasteiger partial charge in [0.1, 0.15) is 22.7 Å². The van der Waals surface area contributed by atoms with Gasteiger partial charge in [-0.15, -0.1) is 0 Å². The Labute approximate surface area is 203 Å². The van der Waals surface area contributed by atoms with E-state index in [4.69, 9.17) is 9.15 Å². The van der Waals surface area contributed by atoms with Gasteiger partial charge in [-0.2, -0.15) is 5.10 Å². The molecule has 8 heteroatoms. The fourth-order valence-electron chi connectivity index (χ4n) is 4.32. The highest BCUT2D eigenvalue weighted by atomic mass is 16.5. The first-order chi connectivity index (χ1) is 17.0. The highest BCUT2D eigenvalue weighted by Crippen LogP contribution is 2.31. The number of rotatable bonds is 7. The van der Waals surface area contributed by atoms with Crippen molar-refractivity contribution in [1.82, 2.24) is 20.0 Å². The van der Waals surface area contributed by atoms with E-state index in [2.05, 4.69) is 10.4 Å². The van der Waals surface area contributed by atoms with Crippen molar-refractivity contribution in [2.24, 2.45) is 0 Å². The van der Waals surface area contributed by atoms with Gasteiger partial charge in [0.15, 0.2) is 5.76 Å². The number of ether oxygens (including phenoxy) is 1. The fraction of sp³-hybridized carbons (Fsp3) is 0.222. The van der Waals surface area contributed by atoms with Gasteiger partial charge in [-0.25, -0.2) is 0 Å². The number of hydrogen-bond acceptors (Lipinski definition) is 5. The molecule has 8 nitrogen and oxygen atoms in total. The molecule has 1 N–H and O–H groups in total. The molecule has 3 heterocycles. The second-order valence-electron chi connectivity index (χ2n) is 8.73. The second kappa shape index (κ2) is 9.13. The molecule has 1 atom stereocenters. The predicted molar refractivity (Wildman–Crippen MR) is 129 cm³/mol. The van der Waals surface area contributed by atoms with E-state index in [0.717, 1.165) is 16.9 Å². The van der Waals surface area contributed by atoms with Crippen molar-refractivity contribution in [2.45, 2.75) is 32.1 Å². The zero-order valence-electron chi connectivity index (χ0n) is 19.6. The molecule has 2 amide bonds. The molecule has 178 valence electrons. The van der Waals surface area contributed by atoms with Gasteiger partial charge >= 0.3 is 0 Å². The van der Waals surface area contributed by atoms with Crippen LogP contribution in [0.1, 0.15) is 28.5 Å². The quantitative estimate of drug-likeness (QED) is 0.443. The Morgan fingerprint density at radius 2 is 1.86 bits per heavy atom. The predicted octanol–water partition coefficient (Wildman–Crippen LogP) is 3.88. The number of furan rings is 1. The number of hydrogen-bond donors (Lipinski definition) is 1. The van der Waals surface area contributed by atoms with Gasteiger partial charge in [0.2, 0.25) is 5.91 Å². The molecule has 0 fully saturated rings. The standard InChI is InChI=1S/C27H26N4O4/c1-27(26(33)28-16-19-10-12-21(34-2)13-11-19)18-31-23(15-22(29-31)24-9-6-14-35-24)25(32)30(27)17-20-7-4-3-5-8-20/h3-15H,16-18H2,1-2H3,(H,28,33)/t27-/m1/s1. The van der Waals surface area contributed by atoms with Gasteiger partial charge in [0.25, 0.3) is 5.91 Å². The Balaban J connectivity index is 1.45. The van der Waals surface area contributed by atoms with E-state index in [1.54, 1.807) is 48.1 Å². The first-order valence-corrected chi connectivity index (χ1v) is 11.4. The lowest BCUT2D eigenvalue weighted by Crippen LogP contribution is -2.63. The van der Waals surface area contributed by atoms with Crippen molar-refractivity contribution in [3.63, 3.8) is 0 Å². The zero-order chi connectivity index (χ0) is 24.4. The van der Waals surface area contributed by atoms with Crippen LogP contribution in [0.4, 0.5) is 0 Å². The smallest absolute Gasteiger partial charge is 0.273 e. The molecule has 5 rings (SSSR count). The summed E-state index contributed by atoms with van der Waals surface area (Å²) in [5, 5.41) is 7.60. The number of methoxy groups -OCH3 is 1. The number of carbonyl (C=O) groups excluding carboxylic acids is 2. The highest BCUT2D eigenvalue weighted by molar-refractivity contribution is 6.00. The molecular weight excluding hydrogens is 444 g/mol. The third kappa shape index (κ3) is 4.30. The summed E-state index contributed by atoms with van der Waals surface area (Å²) in [4.78, 5) is 29.0. The van der Waals surface area contributed by atoms with E-state index in [-0.39, 0.29) is 18.4 Å². The molecule has 0 saturated heterocycles. The Kier molecular flexibility index (Phi) is 5.86. The summed E-state index contributed by atoms with van der Waals surface area (Å²) in [6.45, 7) is 2.63. The van der Waals surface area contributed by atoms with Crippen molar-refractivity contribution in [1.29, 1.82) is 0 Å². The number of fused-ring (bicyclic) bond motifs is 1. The van der Waals surface area contributed by atoms with Gasteiger partial charge < -0.3 is 19.4 Å². The van der Waals surface area contributed by atoms with Crippen LogP contribution in [0, 0.1) is 0 Å².